The monoisotopic (exact) mass is 527 g/mol. The Labute approximate surface area is 186 Å². The van der Waals surface area contributed by atoms with Gasteiger partial charge in [0.2, 0.25) is 10.0 Å². The van der Waals surface area contributed by atoms with E-state index in [1.165, 1.54) is 12.1 Å². The largest absolute Gasteiger partial charge is 0.385 e. The van der Waals surface area contributed by atoms with Gasteiger partial charge in [0.25, 0.3) is 0 Å². The van der Waals surface area contributed by atoms with Crippen molar-refractivity contribution in [3.8, 4) is 0 Å². The van der Waals surface area contributed by atoms with Gasteiger partial charge < -0.3 is 20.3 Å². The Bertz CT molecular complexity index is 668. The molecule has 162 valence electrons. The third-order valence-corrected chi connectivity index (χ3v) is 4.87. The summed E-state index contributed by atoms with van der Waals surface area (Å²) in [6.07, 6.45) is 1.77. The lowest BCUT2D eigenvalue weighted by Gasteiger charge is -2.16. The molecule has 28 heavy (non-hydrogen) atoms. The number of aliphatic imine (C=N–C) groups is 1. The van der Waals surface area contributed by atoms with Crippen molar-refractivity contribution in [2.75, 3.05) is 53.5 Å². The maximum atomic E-state index is 11.3. The molecule has 4 N–H and O–H groups in total. The van der Waals surface area contributed by atoms with Crippen LogP contribution in [0.25, 0.3) is 0 Å². The number of guanidine groups is 1. The van der Waals surface area contributed by atoms with Gasteiger partial charge in [0.15, 0.2) is 5.96 Å². The molecule has 0 spiro atoms. The summed E-state index contributed by atoms with van der Waals surface area (Å²) in [5, 5.41) is 11.6. The summed E-state index contributed by atoms with van der Waals surface area (Å²) in [7, 11) is 0.154. The van der Waals surface area contributed by atoms with Crippen molar-refractivity contribution in [1.29, 1.82) is 0 Å². The SMILES string of the molecule is CCNC(=NCCN(C)CCCOC)NCCc1ccc(S(N)(=O)=O)cc1.I. The van der Waals surface area contributed by atoms with E-state index in [1.54, 1.807) is 19.2 Å². The van der Waals surface area contributed by atoms with Crippen LogP contribution >= 0.6 is 24.0 Å². The van der Waals surface area contributed by atoms with Crippen LogP contribution in [0.5, 0.6) is 0 Å². The minimum atomic E-state index is -3.64. The molecule has 0 saturated carbocycles. The van der Waals surface area contributed by atoms with Crippen molar-refractivity contribution >= 4 is 40.0 Å². The summed E-state index contributed by atoms with van der Waals surface area (Å²) in [6.45, 7) is 6.87. The Kier molecular flexibility index (Phi) is 14.5. The molecule has 0 aromatic heterocycles. The van der Waals surface area contributed by atoms with Crippen molar-refractivity contribution in [2.24, 2.45) is 10.1 Å². The third-order valence-electron chi connectivity index (χ3n) is 3.94. The van der Waals surface area contributed by atoms with Crippen molar-refractivity contribution in [3.63, 3.8) is 0 Å². The summed E-state index contributed by atoms with van der Waals surface area (Å²) >= 11 is 0. The molecule has 0 amide bonds. The fourth-order valence-corrected chi connectivity index (χ4v) is 2.95. The van der Waals surface area contributed by atoms with Crippen molar-refractivity contribution in [2.45, 2.75) is 24.7 Å². The molecule has 8 nitrogen and oxygen atoms in total. The molecule has 10 heteroatoms. The molecular formula is C18H34IN5O3S. The second-order valence-corrected chi connectivity index (χ2v) is 7.84. The summed E-state index contributed by atoms with van der Waals surface area (Å²) in [5.74, 6) is 0.781. The van der Waals surface area contributed by atoms with E-state index in [2.05, 4.69) is 27.6 Å². The van der Waals surface area contributed by atoms with E-state index in [-0.39, 0.29) is 28.9 Å². The van der Waals surface area contributed by atoms with Crippen LogP contribution in [0.4, 0.5) is 0 Å². The number of nitrogens with one attached hydrogen (secondary N) is 2. The fourth-order valence-electron chi connectivity index (χ4n) is 2.44. The molecule has 0 atom stereocenters. The lowest BCUT2D eigenvalue weighted by Crippen LogP contribution is -2.39. The predicted molar refractivity (Wildman–Crippen MR) is 125 cm³/mol. The third kappa shape index (κ3) is 11.8. The highest BCUT2D eigenvalue weighted by Gasteiger charge is 2.06. The lowest BCUT2D eigenvalue weighted by molar-refractivity contribution is 0.180. The van der Waals surface area contributed by atoms with Crippen LogP contribution in [0.1, 0.15) is 18.9 Å². The topological polar surface area (TPSA) is 109 Å². The van der Waals surface area contributed by atoms with Gasteiger partial charge in [0.1, 0.15) is 0 Å². The molecule has 0 bridgehead atoms. The number of rotatable bonds is 12. The highest BCUT2D eigenvalue weighted by molar-refractivity contribution is 14.0. The van der Waals surface area contributed by atoms with Crippen LogP contribution in [-0.4, -0.2) is 72.8 Å². The normalized spacial score (nSPS) is 12.0. The van der Waals surface area contributed by atoms with Crippen LogP contribution in [0.15, 0.2) is 34.2 Å². The Morgan fingerprint density at radius 1 is 1.21 bits per heavy atom. The standard InChI is InChI=1S/C18H33N5O3S.HI/c1-4-20-18(22-12-14-23(2)13-5-15-26-3)21-11-10-16-6-8-17(9-7-16)27(19,24)25;/h6-9H,4-5,10-15H2,1-3H3,(H2,19,24,25)(H2,20,21,22);1H. The number of hydrogen-bond donors (Lipinski definition) is 3. The fraction of sp³-hybridized carbons (Fsp3) is 0.611. The molecule has 0 fully saturated rings. The average molecular weight is 527 g/mol. The first-order chi connectivity index (χ1) is 12.9. The van der Waals surface area contributed by atoms with Crippen molar-refractivity contribution in [1.82, 2.24) is 15.5 Å². The van der Waals surface area contributed by atoms with Gasteiger partial charge in [0, 0.05) is 39.9 Å². The van der Waals surface area contributed by atoms with E-state index in [0.29, 0.717) is 13.1 Å². The second-order valence-electron chi connectivity index (χ2n) is 6.28. The quantitative estimate of drug-likeness (QED) is 0.162. The zero-order valence-electron chi connectivity index (χ0n) is 17.0. The number of methoxy groups -OCH3 is 1. The Hall–Kier alpha value is -0.950. The number of nitrogens with two attached hydrogens (primary N) is 1. The second kappa shape index (κ2) is 15.0. The molecule has 0 aliphatic heterocycles. The van der Waals surface area contributed by atoms with Gasteiger partial charge in [-0.15, -0.1) is 24.0 Å². The Morgan fingerprint density at radius 2 is 1.89 bits per heavy atom. The van der Waals surface area contributed by atoms with Gasteiger partial charge >= 0.3 is 0 Å². The van der Waals surface area contributed by atoms with E-state index in [1.807, 2.05) is 6.92 Å². The summed E-state index contributed by atoms with van der Waals surface area (Å²) < 4.78 is 27.6. The zero-order chi connectivity index (χ0) is 20.1. The van der Waals surface area contributed by atoms with Gasteiger partial charge in [-0.1, -0.05) is 12.1 Å². The summed E-state index contributed by atoms with van der Waals surface area (Å²) in [6, 6.07) is 6.62. The Morgan fingerprint density at radius 3 is 2.46 bits per heavy atom. The maximum absolute atomic E-state index is 11.3. The first-order valence-electron chi connectivity index (χ1n) is 9.18. The number of primary sulfonamides is 1. The number of halogens is 1. The van der Waals surface area contributed by atoms with Crippen molar-refractivity contribution < 1.29 is 13.2 Å². The number of nitrogens with zero attached hydrogens (tertiary/aromatic N) is 2. The highest BCUT2D eigenvalue weighted by Crippen LogP contribution is 2.08. The number of hydrogen-bond acceptors (Lipinski definition) is 5. The van der Waals surface area contributed by atoms with Gasteiger partial charge in [-0.25, -0.2) is 13.6 Å². The minimum absolute atomic E-state index is 0. The van der Waals surface area contributed by atoms with E-state index in [4.69, 9.17) is 9.88 Å². The molecule has 0 radical (unpaired) electrons. The molecular weight excluding hydrogens is 493 g/mol. The Balaban J connectivity index is 0.00000729. The van der Waals surface area contributed by atoms with E-state index >= 15 is 0 Å². The van der Waals surface area contributed by atoms with Crippen LogP contribution in [0.3, 0.4) is 0 Å². The zero-order valence-corrected chi connectivity index (χ0v) is 20.1. The number of likely N-dealkylation sites (N-methyl/N-ethyl adjacent to an activating group) is 1. The molecule has 0 aliphatic carbocycles. The maximum Gasteiger partial charge on any atom is 0.238 e. The molecule has 1 aromatic rings. The number of benzene rings is 1. The molecule has 0 aliphatic rings. The minimum Gasteiger partial charge on any atom is -0.385 e. The van der Waals surface area contributed by atoms with Gasteiger partial charge in [0.05, 0.1) is 11.4 Å². The van der Waals surface area contributed by atoms with Crippen LogP contribution in [0.2, 0.25) is 0 Å². The van der Waals surface area contributed by atoms with Crippen LogP contribution in [0, 0.1) is 0 Å². The molecule has 1 aromatic carbocycles. The van der Waals surface area contributed by atoms with Gasteiger partial charge in [-0.2, -0.15) is 0 Å². The van der Waals surface area contributed by atoms with Gasteiger partial charge in [-0.3, -0.25) is 4.99 Å². The molecule has 1 rings (SSSR count). The smallest absolute Gasteiger partial charge is 0.238 e. The molecule has 0 saturated heterocycles. The van der Waals surface area contributed by atoms with E-state index in [9.17, 15) is 8.42 Å². The first kappa shape index (κ1) is 27.0. The van der Waals surface area contributed by atoms with Crippen LogP contribution in [-0.2, 0) is 21.2 Å². The number of ether oxygens (including phenoxy) is 1. The van der Waals surface area contributed by atoms with E-state index in [0.717, 1.165) is 50.6 Å². The number of sulfonamides is 1. The van der Waals surface area contributed by atoms with Gasteiger partial charge in [-0.05, 0) is 44.5 Å². The van der Waals surface area contributed by atoms with Crippen LogP contribution < -0.4 is 15.8 Å². The first-order valence-corrected chi connectivity index (χ1v) is 10.7. The van der Waals surface area contributed by atoms with Crippen molar-refractivity contribution in [3.05, 3.63) is 29.8 Å². The molecule has 0 heterocycles. The average Bonchev–Trinajstić information content (AvgIpc) is 2.61. The summed E-state index contributed by atoms with van der Waals surface area (Å²) in [4.78, 5) is 6.95. The lowest BCUT2D eigenvalue weighted by atomic mass is 10.1. The van der Waals surface area contributed by atoms with E-state index < -0.39 is 10.0 Å². The predicted octanol–water partition coefficient (Wildman–Crippen LogP) is 1.02. The highest BCUT2D eigenvalue weighted by atomic mass is 127. The summed E-state index contributed by atoms with van der Waals surface area (Å²) in [5.41, 5.74) is 1.03. The molecule has 0 unspecified atom stereocenters.